The zero-order valence-electron chi connectivity index (χ0n) is 15.4. The molecule has 6 N–H and O–H groups in total. The average Bonchev–Trinajstić information content (AvgIpc) is 3.15. The highest BCUT2D eigenvalue weighted by molar-refractivity contribution is 6.06. The van der Waals surface area contributed by atoms with Gasteiger partial charge in [0.25, 0.3) is 11.9 Å². The summed E-state index contributed by atoms with van der Waals surface area (Å²) in [6.07, 6.45) is 0. The van der Waals surface area contributed by atoms with Crippen LogP contribution in [0.5, 0.6) is 5.75 Å². The maximum Gasteiger partial charge on any atom is 0.272 e. The third-order valence-corrected chi connectivity index (χ3v) is 4.08. The highest BCUT2D eigenvalue weighted by atomic mass is 16.5. The number of aromatic nitrogens is 1. The summed E-state index contributed by atoms with van der Waals surface area (Å²) in [7, 11) is 1.60. The number of carbonyl (C=O) groups is 1. The number of amides is 1. The van der Waals surface area contributed by atoms with E-state index >= 15 is 0 Å². The molecule has 1 aromatic heterocycles. The lowest BCUT2D eigenvalue weighted by Crippen LogP contribution is -2.27. The Balaban J connectivity index is 1.70. The summed E-state index contributed by atoms with van der Waals surface area (Å²) in [4.78, 5) is 15.6. The fourth-order valence-electron chi connectivity index (χ4n) is 2.58. The topological polar surface area (TPSA) is 137 Å². The largest absolute Gasteiger partial charge is 0.497 e. The number of rotatable bonds is 5. The van der Waals surface area contributed by atoms with Crippen molar-refractivity contribution in [2.75, 3.05) is 12.4 Å². The van der Waals surface area contributed by atoms with Crippen molar-refractivity contribution in [1.82, 2.24) is 10.4 Å². The molecule has 0 aliphatic rings. The van der Waals surface area contributed by atoms with Gasteiger partial charge in [0.2, 0.25) is 0 Å². The lowest BCUT2D eigenvalue weighted by molar-refractivity contribution is 0.102. The Labute approximate surface area is 160 Å². The second-order valence-corrected chi connectivity index (χ2v) is 5.96. The van der Waals surface area contributed by atoms with Gasteiger partial charge in [-0.05, 0) is 54.0 Å². The second-order valence-electron chi connectivity index (χ2n) is 5.96. The quantitative estimate of drug-likeness (QED) is 0.200. The number of hydrazone groups is 1. The zero-order chi connectivity index (χ0) is 20.1. The first-order valence-electron chi connectivity index (χ1n) is 8.36. The molecule has 1 heterocycles. The standard InChI is InChI=1S/C19H20N6O3/c1-11(23-24-19(20)25-27)12-3-5-14(6-4-12)21-18(26)17-10-13-9-15(28-2)7-8-16(13)22-17/h3-10,22,27H,1-2H3,(H,21,26)(H3,20,24,25). The number of carbonyl (C=O) groups excluding carboxylic acids is 1. The van der Waals surface area contributed by atoms with Gasteiger partial charge in [-0.2, -0.15) is 5.10 Å². The van der Waals surface area contributed by atoms with E-state index in [0.29, 0.717) is 17.1 Å². The molecule has 3 aromatic rings. The molecule has 1 amide bonds. The molecule has 0 unspecified atom stereocenters. The van der Waals surface area contributed by atoms with Crippen LogP contribution in [0.2, 0.25) is 0 Å². The van der Waals surface area contributed by atoms with Crippen LogP contribution in [0.3, 0.4) is 0 Å². The first-order chi connectivity index (χ1) is 13.5. The first-order valence-corrected chi connectivity index (χ1v) is 8.36. The van der Waals surface area contributed by atoms with Crippen molar-refractivity contribution in [1.29, 1.82) is 0 Å². The summed E-state index contributed by atoms with van der Waals surface area (Å²) in [5.41, 5.74) is 11.1. The number of aromatic amines is 1. The van der Waals surface area contributed by atoms with Crippen LogP contribution in [0.25, 0.3) is 10.9 Å². The fourth-order valence-corrected chi connectivity index (χ4v) is 2.58. The minimum absolute atomic E-state index is 0.209. The number of fused-ring (bicyclic) bond motifs is 1. The average molecular weight is 380 g/mol. The second kappa shape index (κ2) is 8.12. The molecule has 144 valence electrons. The Morgan fingerprint density at radius 1 is 1.18 bits per heavy atom. The number of nitrogens with zero attached hydrogens (tertiary/aromatic N) is 2. The van der Waals surface area contributed by atoms with Crippen LogP contribution in [-0.4, -0.2) is 34.9 Å². The Morgan fingerprint density at radius 3 is 2.61 bits per heavy atom. The van der Waals surface area contributed by atoms with E-state index in [1.54, 1.807) is 44.4 Å². The van der Waals surface area contributed by atoms with Gasteiger partial charge in [0.15, 0.2) is 0 Å². The van der Waals surface area contributed by atoms with Gasteiger partial charge in [-0.1, -0.05) is 12.1 Å². The number of guanidine groups is 1. The van der Waals surface area contributed by atoms with Crippen LogP contribution >= 0.6 is 0 Å². The molecule has 0 radical (unpaired) electrons. The molecule has 9 heteroatoms. The van der Waals surface area contributed by atoms with Gasteiger partial charge in [0, 0.05) is 16.6 Å². The van der Waals surface area contributed by atoms with Crippen molar-refractivity contribution in [3.63, 3.8) is 0 Å². The van der Waals surface area contributed by atoms with Crippen LogP contribution in [-0.2, 0) is 0 Å². The lowest BCUT2D eigenvalue weighted by atomic mass is 10.1. The predicted octanol–water partition coefficient (Wildman–Crippen LogP) is 2.45. The maximum atomic E-state index is 12.5. The number of nitrogens with two attached hydrogens (primary N) is 1. The fraction of sp³-hybridized carbons (Fsp3) is 0.105. The normalized spacial score (nSPS) is 12.1. The lowest BCUT2D eigenvalue weighted by Gasteiger charge is -2.06. The van der Waals surface area contributed by atoms with Crippen molar-refractivity contribution in [3.8, 4) is 5.75 Å². The van der Waals surface area contributed by atoms with Gasteiger partial charge >= 0.3 is 0 Å². The molecular weight excluding hydrogens is 360 g/mol. The minimum Gasteiger partial charge on any atom is -0.497 e. The SMILES string of the molecule is COc1ccc2[nH]c(C(=O)Nc3ccc(C(C)=NNC(N)=NO)cc3)cc2c1. The molecule has 0 aliphatic carbocycles. The summed E-state index contributed by atoms with van der Waals surface area (Å²) in [6.45, 7) is 1.77. The van der Waals surface area contributed by atoms with E-state index in [-0.39, 0.29) is 11.9 Å². The Hall–Kier alpha value is -4.01. The summed E-state index contributed by atoms with van der Waals surface area (Å²) < 4.78 is 5.20. The Bertz CT molecular complexity index is 1050. The van der Waals surface area contributed by atoms with Crippen molar-refractivity contribution >= 4 is 34.2 Å². The number of hydrogen-bond acceptors (Lipinski definition) is 5. The van der Waals surface area contributed by atoms with E-state index in [1.165, 1.54) is 0 Å². The maximum absolute atomic E-state index is 12.5. The van der Waals surface area contributed by atoms with Crippen LogP contribution in [0.4, 0.5) is 5.69 Å². The Morgan fingerprint density at radius 2 is 1.93 bits per heavy atom. The molecule has 0 spiro atoms. The zero-order valence-corrected chi connectivity index (χ0v) is 15.4. The summed E-state index contributed by atoms with van der Waals surface area (Å²) >= 11 is 0. The Kier molecular flexibility index (Phi) is 5.45. The molecule has 2 aromatic carbocycles. The van der Waals surface area contributed by atoms with Crippen LogP contribution < -0.4 is 21.2 Å². The van der Waals surface area contributed by atoms with Gasteiger partial charge in [-0.3, -0.25) is 4.79 Å². The van der Waals surface area contributed by atoms with Crippen molar-refractivity contribution < 1.29 is 14.7 Å². The first kappa shape index (κ1) is 18.8. The highest BCUT2D eigenvalue weighted by Gasteiger charge is 2.11. The van der Waals surface area contributed by atoms with Gasteiger partial charge in [-0.25, -0.2) is 5.43 Å². The molecule has 3 rings (SSSR count). The van der Waals surface area contributed by atoms with Gasteiger partial charge in [0.1, 0.15) is 11.4 Å². The molecule has 0 atom stereocenters. The van der Waals surface area contributed by atoms with Crippen molar-refractivity contribution in [2.45, 2.75) is 6.92 Å². The summed E-state index contributed by atoms with van der Waals surface area (Å²) in [6, 6.07) is 14.5. The van der Waals surface area contributed by atoms with E-state index in [0.717, 1.165) is 22.2 Å². The third-order valence-electron chi connectivity index (χ3n) is 4.08. The number of H-pyrrole nitrogens is 1. The van der Waals surface area contributed by atoms with E-state index in [1.807, 2.05) is 18.2 Å². The van der Waals surface area contributed by atoms with Crippen molar-refractivity contribution in [2.24, 2.45) is 16.0 Å². The number of hydrogen-bond donors (Lipinski definition) is 5. The number of oxime groups is 1. The third kappa shape index (κ3) is 4.21. The molecule has 0 fully saturated rings. The van der Waals surface area contributed by atoms with E-state index < -0.39 is 0 Å². The monoisotopic (exact) mass is 380 g/mol. The molecule has 9 nitrogen and oxygen atoms in total. The number of methoxy groups -OCH3 is 1. The van der Waals surface area contributed by atoms with Crippen molar-refractivity contribution in [3.05, 3.63) is 59.8 Å². The van der Waals surface area contributed by atoms with E-state index in [4.69, 9.17) is 15.7 Å². The van der Waals surface area contributed by atoms with Crippen LogP contribution in [0.15, 0.2) is 58.8 Å². The van der Waals surface area contributed by atoms with Gasteiger partial charge < -0.3 is 26.0 Å². The number of ether oxygens (including phenoxy) is 1. The number of benzene rings is 2. The number of anilines is 1. The molecular formula is C19H20N6O3. The summed E-state index contributed by atoms with van der Waals surface area (Å²) in [5, 5.41) is 19.0. The highest BCUT2D eigenvalue weighted by Crippen LogP contribution is 2.22. The van der Waals surface area contributed by atoms with Crippen LogP contribution in [0.1, 0.15) is 23.0 Å². The molecule has 0 bridgehead atoms. The molecule has 28 heavy (non-hydrogen) atoms. The number of nitrogens with one attached hydrogen (secondary N) is 3. The summed E-state index contributed by atoms with van der Waals surface area (Å²) in [5.74, 6) is 0.272. The van der Waals surface area contributed by atoms with E-state index in [2.05, 4.69) is 26.0 Å². The van der Waals surface area contributed by atoms with Gasteiger partial charge in [0.05, 0.1) is 12.8 Å². The molecule has 0 saturated carbocycles. The van der Waals surface area contributed by atoms with Crippen LogP contribution in [0, 0.1) is 0 Å². The molecule has 0 aliphatic heterocycles. The van der Waals surface area contributed by atoms with E-state index in [9.17, 15) is 4.79 Å². The molecule has 0 saturated heterocycles. The minimum atomic E-state index is -0.248. The smallest absolute Gasteiger partial charge is 0.272 e. The predicted molar refractivity (Wildman–Crippen MR) is 108 cm³/mol. The van der Waals surface area contributed by atoms with Gasteiger partial charge in [-0.15, -0.1) is 0 Å².